The van der Waals surface area contributed by atoms with Crippen LogP contribution < -0.4 is 4.74 Å². The number of amides is 1. The molecule has 0 unspecified atom stereocenters. The number of hydrogen-bond acceptors (Lipinski definition) is 5. The minimum atomic E-state index is -3.67. The zero-order valence-electron chi connectivity index (χ0n) is 18.3. The maximum Gasteiger partial charge on any atom is 0.257 e. The quantitative estimate of drug-likeness (QED) is 0.782. The zero-order chi connectivity index (χ0) is 22.2. The molecule has 0 saturated carbocycles. The van der Waals surface area contributed by atoms with Gasteiger partial charge < -0.3 is 9.64 Å². The molecule has 0 radical (unpaired) electrons. The number of fused-ring (bicyclic) bond motifs is 1. The van der Waals surface area contributed by atoms with Crippen molar-refractivity contribution in [1.29, 1.82) is 0 Å². The second-order valence-corrected chi connectivity index (χ2v) is 11.0. The van der Waals surface area contributed by atoms with Gasteiger partial charge in [-0.3, -0.25) is 9.89 Å². The highest BCUT2D eigenvalue weighted by Crippen LogP contribution is 2.39. The molecule has 31 heavy (non-hydrogen) atoms. The molecular formula is C22H30N4O4S. The number of piperidine rings is 1. The van der Waals surface area contributed by atoms with Gasteiger partial charge in [-0.25, -0.2) is 8.42 Å². The Bertz CT molecular complexity index is 1050. The van der Waals surface area contributed by atoms with Crippen molar-refractivity contribution in [2.24, 2.45) is 11.3 Å². The van der Waals surface area contributed by atoms with Gasteiger partial charge in [-0.2, -0.15) is 9.40 Å². The predicted octanol–water partition coefficient (Wildman–Crippen LogP) is 2.68. The minimum absolute atomic E-state index is 0.0372. The number of aromatic amines is 1. The van der Waals surface area contributed by atoms with Crippen molar-refractivity contribution in [2.75, 3.05) is 32.8 Å². The molecule has 0 atom stereocenters. The second-order valence-electron chi connectivity index (χ2n) is 9.13. The van der Waals surface area contributed by atoms with E-state index in [1.807, 2.05) is 25.7 Å². The average Bonchev–Trinajstić information content (AvgIpc) is 3.17. The molecule has 1 spiro atoms. The minimum Gasteiger partial charge on any atom is -0.492 e. The number of benzene rings is 1. The van der Waals surface area contributed by atoms with Crippen LogP contribution in [-0.4, -0.2) is 66.5 Å². The monoisotopic (exact) mass is 446 g/mol. The Labute approximate surface area is 183 Å². The number of carbonyl (C=O) groups is 1. The summed E-state index contributed by atoms with van der Waals surface area (Å²) in [4.78, 5) is 14.9. The van der Waals surface area contributed by atoms with E-state index in [0.29, 0.717) is 56.9 Å². The molecule has 2 aromatic rings. The van der Waals surface area contributed by atoms with E-state index in [1.54, 1.807) is 34.8 Å². The lowest BCUT2D eigenvalue weighted by molar-refractivity contribution is 0.0290. The van der Waals surface area contributed by atoms with Crippen LogP contribution in [0.2, 0.25) is 0 Å². The largest absolute Gasteiger partial charge is 0.492 e. The maximum absolute atomic E-state index is 13.5. The summed E-state index contributed by atoms with van der Waals surface area (Å²) in [5.41, 5.74) is 1.01. The third kappa shape index (κ3) is 4.21. The normalized spacial score (nSPS) is 20.7. The number of likely N-dealkylation sites (tertiary alicyclic amines) is 1. The molecule has 0 aliphatic carbocycles. The Morgan fingerprint density at radius 3 is 2.61 bits per heavy atom. The van der Waals surface area contributed by atoms with Crippen LogP contribution in [0, 0.1) is 18.3 Å². The molecule has 0 bridgehead atoms. The molecule has 4 rings (SSSR count). The maximum atomic E-state index is 13.5. The van der Waals surface area contributed by atoms with E-state index >= 15 is 0 Å². The standard InChI is InChI=1S/C22H30N4O4S/c1-16(2)13-26-14-22(15-30-19-6-4-5-7-20(19)31(26,28)29)8-10-25(11-9-22)21(27)18-12-23-24-17(18)3/h4-7,12,16H,8-11,13-15H2,1-3H3,(H,23,24). The van der Waals surface area contributed by atoms with Crippen molar-refractivity contribution in [3.63, 3.8) is 0 Å². The summed E-state index contributed by atoms with van der Waals surface area (Å²) < 4.78 is 34.6. The van der Waals surface area contributed by atoms with E-state index in [9.17, 15) is 13.2 Å². The summed E-state index contributed by atoms with van der Waals surface area (Å²) in [6.07, 6.45) is 2.93. The summed E-state index contributed by atoms with van der Waals surface area (Å²) in [5.74, 6) is 0.567. The van der Waals surface area contributed by atoms with Gasteiger partial charge in [0.1, 0.15) is 10.6 Å². The number of hydrogen-bond donors (Lipinski definition) is 1. The Kier molecular flexibility index (Phi) is 5.83. The second kappa shape index (κ2) is 8.27. The van der Waals surface area contributed by atoms with E-state index in [2.05, 4.69) is 10.2 Å². The molecule has 1 aromatic carbocycles. The molecule has 1 fully saturated rings. The number of ether oxygens (including phenoxy) is 1. The SMILES string of the molecule is Cc1[nH]ncc1C(=O)N1CCC2(CC1)COc1ccccc1S(=O)(=O)N(CC(C)C)C2. The molecule has 1 aromatic heterocycles. The Morgan fingerprint density at radius 1 is 1.26 bits per heavy atom. The van der Waals surface area contributed by atoms with Crippen molar-refractivity contribution < 1.29 is 17.9 Å². The molecule has 1 amide bonds. The van der Waals surface area contributed by atoms with Crippen molar-refractivity contribution in [1.82, 2.24) is 19.4 Å². The highest BCUT2D eigenvalue weighted by molar-refractivity contribution is 7.89. The Morgan fingerprint density at radius 2 is 1.97 bits per heavy atom. The van der Waals surface area contributed by atoms with Gasteiger partial charge in [0.25, 0.3) is 5.91 Å². The first-order chi connectivity index (χ1) is 14.7. The van der Waals surface area contributed by atoms with Crippen LogP contribution in [-0.2, 0) is 10.0 Å². The van der Waals surface area contributed by atoms with Crippen LogP contribution in [0.4, 0.5) is 0 Å². The van der Waals surface area contributed by atoms with Gasteiger partial charge in [0, 0.05) is 37.3 Å². The molecule has 8 nitrogen and oxygen atoms in total. The van der Waals surface area contributed by atoms with Crippen LogP contribution in [0.3, 0.4) is 0 Å². The molecule has 168 valence electrons. The number of aromatic nitrogens is 2. The van der Waals surface area contributed by atoms with Gasteiger partial charge in [-0.15, -0.1) is 0 Å². The molecule has 3 heterocycles. The number of sulfonamides is 1. The third-order valence-corrected chi connectivity index (χ3v) is 8.10. The van der Waals surface area contributed by atoms with Crippen molar-refractivity contribution >= 4 is 15.9 Å². The summed E-state index contributed by atoms with van der Waals surface area (Å²) >= 11 is 0. The van der Waals surface area contributed by atoms with Gasteiger partial charge in [0.15, 0.2) is 0 Å². The Balaban J connectivity index is 1.59. The summed E-state index contributed by atoms with van der Waals surface area (Å²) in [6.45, 7) is 8.29. The van der Waals surface area contributed by atoms with Crippen LogP contribution in [0.15, 0.2) is 35.4 Å². The third-order valence-electron chi connectivity index (χ3n) is 6.25. The number of nitrogens with zero attached hydrogens (tertiary/aromatic N) is 3. The zero-order valence-corrected chi connectivity index (χ0v) is 19.1. The fraction of sp³-hybridized carbons (Fsp3) is 0.545. The van der Waals surface area contributed by atoms with E-state index < -0.39 is 10.0 Å². The van der Waals surface area contributed by atoms with Gasteiger partial charge in [0.05, 0.1) is 18.4 Å². The first-order valence-electron chi connectivity index (χ1n) is 10.7. The Hall–Kier alpha value is -2.39. The van der Waals surface area contributed by atoms with Crippen molar-refractivity contribution in [3.8, 4) is 5.75 Å². The van der Waals surface area contributed by atoms with E-state index in [0.717, 1.165) is 5.69 Å². The number of aryl methyl sites for hydroxylation is 1. The van der Waals surface area contributed by atoms with E-state index in [-0.39, 0.29) is 22.1 Å². The molecule has 2 aliphatic heterocycles. The number of para-hydroxylation sites is 1. The topological polar surface area (TPSA) is 95.6 Å². The van der Waals surface area contributed by atoms with Crippen LogP contribution in [0.1, 0.15) is 42.7 Å². The number of rotatable bonds is 3. The smallest absolute Gasteiger partial charge is 0.257 e. The van der Waals surface area contributed by atoms with E-state index in [4.69, 9.17) is 4.74 Å². The average molecular weight is 447 g/mol. The van der Waals surface area contributed by atoms with E-state index in [1.165, 1.54) is 0 Å². The molecule has 9 heteroatoms. The predicted molar refractivity (Wildman–Crippen MR) is 116 cm³/mol. The van der Waals surface area contributed by atoms with Gasteiger partial charge in [-0.1, -0.05) is 26.0 Å². The van der Waals surface area contributed by atoms with Gasteiger partial charge in [0.2, 0.25) is 10.0 Å². The molecular weight excluding hydrogens is 416 g/mol. The lowest BCUT2D eigenvalue weighted by atomic mass is 9.78. The highest BCUT2D eigenvalue weighted by Gasteiger charge is 2.43. The molecule has 1 saturated heterocycles. The lowest BCUT2D eigenvalue weighted by Crippen LogP contribution is -2.53. The number of carbonyl (C=O) groups excluding carboxylic acids is 1. The number of nitrogens with one attached hydrogen (secondary N) is 1. The van der Waals surface area contributed by atoms with Crippen molar-refractivity contribution in [3.05, 3.63) is 41.7 Å². The first-order valence-corrected chi connectivity index (χ1v) is 12.2. The first kappa shape index (κ1) is 21.8. The van der Waals surface area contributed by atoms with Gasteiger partial charge in [-0.05, 0) is 37.8 Å². The summed E-state index contributed by atoms with van der Waals surface area (Å²) in [7, 11) is -3.67. The van der Waals surface area contributed by atoms with Crippen molar-refractivity contribution in [2.45, 2.75) is 38.5 Å². The highest BCUT2D eigenvalue weighted by atomic mass is 32.2. The summed E-state index contributed by atoms with van der Waals surface area (Å²) in [6, 6.07) is 6.86. The molecule has 2 aliphatic rings. The van der Waals surface area contributed by atoms with Crippen LogP contribution >= 0.6 is 0 Å². The fourth-order valence-electron chi connectivity index (χ4n) is 4.45. The lowest BCUT2D eigenvalue weighted by Gasteiger charge is -2.45. The number of H-pyrrole nitrogens is 1. The van der Waals surface area contributed by atoms with Crippen LogP contribution in [0.25, 0.3) is 0 Å². The fourth-order valence-corrected chi connectivity index (χ4v) is 6.30. The summed E-state index contributed by atoms with van der Waals surface area (Å²) in [5, 5.41) is 6.76. The van der Waals surface area contributed by atoms with Crippen LogP contribution in [0.5, 0.6) is 5.75 Å². The van der Waals surface area contributed by atoms with Gasteiger partial charge >= 0.3 is 0 Å². The molecule has 1 N–H and O–H groups in total.